The summed E-state index contributed by atoms with van der Waals surface area (Å²) in [7, 11) is 1.70. The van der Waals surface area contributed by atoms with Crippen molar-refractivity contribution in [3.05, 3.63) is 59.2 Å². The summed E-state index contributed by atoms with van der Waals surface area (Å²) in [5.74, 6) is 2.05. The Labute approximate surface area is 143 Å². The Bertz CT molecular complexity index is 620. The van der Waals surface area contributed by atoms with Crippen molar-refractivity contribution in [2.75, 3.05) is 12.9 Å². The van der Waals surface area contributed by atoms with E-state index in [0.717, 1.165) is 29.8 Å². The van der Waals surface area contributed by atoms with Crippen molar-refractivity contribution in [2.24, 2.45) is 0 Å². The molecule has 0 amide bonds. The first kappa shape index (κ1) is 17.6. The Morgan fingerprint density at radius 3 is 2.48 bits per heavy atom. The van der Waals surface area contributed by atoms with Crippen LogP contribution >= 0.6 is 11.8 Å². The highest BCUT2D eigenvalue weighted by Gasteiger charge is 2.01. The molecule has 0 aliphatic heterocycles. The molecule has 3 heteroatoms. The average molecular weight is 328 g/mol. The minimum Gasteiger partial charge on any atom is -0.497 e. The van der Waals surface area contributed by atoms with Crippen LogP contribution in [0.4, 0.5) is 0 Å². The van der Waals surface area contributed by atoms with Crippen molar-refractivity contribution >= 4 is 18.0 Å². The summed E-state index contributed by atoms with van der Waals surface area (Å²) in [4.78, 5) is 12.0. The molecule has 0 saturated carbocycles. The number of ether oxygens (including phenoxy) is 1. The molecule has 0 heterocycles. The van der Waals surface area contributed by atoms with E-state index in [1.165, 1.54) is 35.3 Å². The van der Waals surface area contributed by atoms with E-state index in [0.29, 0.717) is 0 Å². The predicted octanol–water partition coefficient (Wildman–Crippen LogP) is 5.32. The zero-order valence-corrected chi connectivity index (χ0v) is 14.7. The summed E-state index contributed by atoms with van der Waals surface area (Å²) in [5.41, 5.74) is 3.32. The standard InChI is InChI=1S/C20H24O2S/c1-16-14-18(15-21)9-12-20(16)23-13-5-3-4-6-17-7-10-19(22-2)11-8-17/h7-12,14-15H,3-6,13H2,1-2H3. The number of aldehydes is 1. The predicted molar refractivity (Wildman–Crippen MR) is 97.8 cm³/mol. The molecule has 0 N–H and O–H groups in total. The Hall–Kier alpha value is -1.74. The van der Waals surface area contributed by atoms with Gasteiger partial charge in [-0.05, 0) is 67.3 Å². The maximum atomic E-state index is 10.7. The fraction of sp³-hybridized carbons (Fsp3) is 0.350. The number of rotatable bonds is 9. The number of aryl methyl sites for hydroxylation is 2. The Kier molecular flexibility index (Phi) is 7.21. The van der Waals surface area contributed by atoms with Gasteiger partial charge in [-0.3, -0.25) is 4.79 Å². The molecule has 0 atom stereocenters. The van der Waals surface area contributed by atoms with Crippen molar-refractivity contribution in [1.29, 1.82) is 0 Å². The lowest BCUT2D eigenvalue weighted by Crippen LogP contribution is -1.89. The monoisotopic (exact) mass is 328 g/mol. The molecule has 0 saturated heterocycles. The highest BCUT2D eigenvalue weighted by Crippen LogP contribution is 2.24. The highest BCUT2D eigenvalue weighted by molar-refractivity contribution is 7.99. The molecular weight excluding hydrogens is 304 g/mol. The Morgan fingerprint density at radius 2 is 1.83 bits per heavy atom. The summed E-state index contributed by atoms with van der Waals surface area (Å²) in [6, 6.07) is 14.2. The third-order valence-corrected chi connectivity index (χ3v) is 5.12. The SMILES string of the molecule is COc1ccc(CCCCCSc2ccc(C=O)cc2C)cc1. The fourth-order valence-corrected chi connectivity index (χ4v) is 3.51. The third-order valence-electron chi connectivity index (χ3n) is 3.86. The van der Waals surface area contributed by atoms with E-state index < -0.39 is 0 Å². The maximum absolute atomic E-state index is 10.7. The average Bonchev–Trinajstić information content (AvgIpc) is 2.59. The van der Waals surface area contributed by atoms with E-state index in [9.17, 15) is 4.79 Å². The summed E-state index contributed by atoms with van der Waals surface area (Å²) < 4.78 is 5.17. The lowest BCUT2D eigenvalue weighted by atomic mass is 10.1. The van der Waals surface area contributed by atoms with Gasteiger partial charge in [-0.15, -0.1) is 11.8 Å². The molecule has 23 heavy (non-hydrogen) atoms. The fourth-order valence-electron chi connectivity index (χ4n) is 2.49. The number of hydrogen-bond donors (Lipinski definition) is 0. The maximum Gasteiger partial charge on any atom is 0.150 e. The van der Waals surface area contributed by atoms with Crippen LogP contribution in [0.5, 0.6) is 5.75 Å². The molecule has 2 aromatic carbocycles. The minimum atomic E-state index is 0.756. The normalized spacial score (nSPS) is 10.5. The van der Waals surface area contributed by atoms with Gasteiger partial charge in [-0.2, -0.15) is 0 Å². The zero-order chi connectivity index (χ0) is 16.5. The van der Waals surface area contributed by atoms with Gasteiger partial charge in [0.25, 0.3) is 0 Å². The lowest BCUT2D eigenvalue weighted by Gasteiger charge is -2.06. The second kappa shape index (κ2) is 9.41. The molecule has 0 aliphatic carbocycles. The zero-order valence-electron chi connectivity index (χ0n) is 13.9. The topological polar surface area (TPSA) is 26.3 Å². The van der Waals surface area contributed by atoms with Crippen LogP contribution in [0.1, 0.15) is 40.7 Å². The summed E-state index contributed by atoms with van der Waals surface area (Å²) in [5, 5.41) is 0. The molecule has 0 bridgehead atoms. The molecule has 0 spiro atoms. The Balaban J connectivity index is 1.64. The molecule has 0 aromatic heterocycles. The summed E-state index contributed by atoms with van der Waals surface area (Å²) in [6.07, 6.45) is 5.71. The number of benzene rings is 2. The number of thioether (sulfide) groups is 1. The van der Waals surface area contributed by atoms with Gasteiger partial charge in [-0.1, -0.05) is 24.6 Å². The second-order valence-corrected chi connectivity index (χ2v) is 6.79. The van der Waals surface area contributed by atoms with Crippen molar-refractivity contribution < 1.29 is 9.53 Å². The van der Waals surface area contributed by atoms with Gasteiger partial charge in [0.05, 0.1) is 7.11 Å². The van der Waals surface area contributed by atoms with Crippen LogP contribution < -0.4 is 4.74 Å². The van der Waals surface area contributed by atoms with Crippen LogP contribution in [0.25, 0.3) is 0 Å². The number of carbonyl (C=O) groups is 1. The van der Waals surface area contributed by atoms with Crippen molar-refractivity contribution in [3.8, 4) is 5.75 Å². The van der Waals surface area contributed by atoms with Crippen molar-refractivity contribution in [3.63, 3.8) is 0 Å². The van der Waals surface area contributed by atoms with Crippen molar-refractivity contribution in [1.82, 2.24) is 0 Å². The highest BCUT2D eigenvalue weighted by atomic mass is 32.2. The quantitative estimate of drug-likeness (QED) is 0.354. The smallest absolute Gasteiger partial charge is 0.150 e. The van der Waals surface area contributed by atoms with Gasteiger partial charge in [0.2, 0.25) is 0 Å². The summed E-state index contributed by atoms with van der Waals surface area (Å²) in [6.45, 7) is 2.07. The third kappa shape index (κ3) is 5.76. The number of methoxy groups -OCH3 is 1. The van der Waals surface area contributed by atoms with Gasteiger partial charge >= 0.3 is 0 Å². The second-order valence-electron chi connectivity index (χ2n) is 5.65. The minimum absolute atomic E-state index is 0.756. The number of unbranched alkanes of at least 4 members (excludes halogenated alkanes) is 2. The Morgan fingerprint density at radius 1 is 1.04 bits per heavy atom. The van der Waals surface area contributed by atoms with E-state index >= 15 is 0 Å². The van der Waals surface area contributed by atoms with Crippen LogP contribution in [0, 0.1) is 6.92 Å². The first-order valence-corrected chi connectivity index (χ1v) is 9.03. The lowest BCUT2D eigenvalue weighted by molar-refractivity contribution is 0.112. The van der Waals surface area contributed by atoms with Crippen molar-refractivity contribution in [2.45, 2.75) is 37.5 Å². The van der Waals surface area contributed by atoms with E-state index in [2.05, 4.69) is 25.1 Å². The van der Waals surface area contributed by atoms with E-state index in [4.69, 9.17) is 4.74 Å². The molecular formula is C20H24O2S. The van der Waals surface area contributed by atoms with Crippen LogP contribution in [-0.2, 0) is 6.42 Å². The molecule has 0 fully saturated rings. The van der Waals surface area contributed by atoms with E-state index in [1.807, 2.05) is 36.0 Å². The van der Waals surface area contributed by atoms with Crippen LogP contribution in [-0.4, -0.2) is 19.1 Å². The molecule has 0 radical (unpaired) electrons. The van der Waals surface area contributed by atoms with Gasteiger partial charge in [0.1, 0.15) is 12.0 Å². The molecule has 2 aromatic rings. The largest absolute Gasteiger partial charge is 0.497 e. The number of carbonyl (C=O) groups excluding carboxylic acids is 1. The van der Waals surface area contributed by atoms with Gasteiger partial charge in [-0.25, -0.2) is 0 Å². The first-order valence-electron chi connectivity index (χ1n) is 8.04. The molecule has 0 unspecified atom stereocenters. The molecule has 2 nitrogen and oxygen atoms in total. The van der Waals surface area contributed by atoms with E-state index in [-0.39, 0.29) is 0 Å². The van der Waals surface area contributed by atoms with Crippen LogP contribution in [0.3, 0.4) is 0 Å². The summed E-state index contributed by atoms with van der Waals surface area (Å²) >= 11 is 1.88. The first-order chi connectivity index (χ1) is 11.2. The van der Waals surface area contributed by atoms with Gasteiger partial charge < -0.3 is 4.74 Å². The van der Waals surface area contributed by atoms with Gasteiger partial charge in [0, 0.05) is 10.5 Å². The molecule has 0 aliphatic rings. The van der Waals surface area contributed by atoms with Crippen LogP contribution in [0.15, 0.2) is 47.4 Å². The van der Waals surface area contributed by atoms with E-state index in [1.54, 1.807) is 7.11 Å². The van der Waals surface area contributed by atoms with Gasteiger partial charge in [0.15, 0.2) is 0 Å². The molecule has 122 valence electrons. The number of hydrogen-bond acceptors (Lipinski definition) is 3. The van der Waals surface area contributed by atoms with Crippen LogP contribution in [0.2, 0.25) is 0 Å². The molecule has 2 rings (SSSR count).